The molecule has 2 nitrogen and oxygen atoms in total. The highest BCUT2D eigenvalue weighted by atomic mass is 127. The van der Waals surface area contributed by atoms with Crippen molar-refractivity contribution < 1.29 is 9.47 Å². The average Bonchev–Trinajstić information content (AvgIpc) is 2.26. The van der Waals surface area contributed by atoms with Gasteiger partial charge in [0.1, 0.15) is 0 Å². The number of rotatable bonds is 5. The highest BCUT2D eigenvalue weighted by Gasteiger charge is 2.22. The Morgan fingerprint density at radius 2 is 1.88 bits per heavy atom. The lowest BCUT2D eigenvalue weighted by Gasteiger charge is -2.28. The fourth-order valence-electron chi connectivity index (χ4n) is 2.18. The molecular formula is C13H25IO2. The van der Waals surface area contributed by atoms with Crippen molar-refractivity contribution in [2.24, 2.45) is 0 Å². The number of ether oxygens (including phenoxy) is 2. The molecule has 0 aliphatic heterocycles. The molecule has 3 heteroatoms. The molecule has 0 radical (unpaired) electrons. The summed E-state index contributed by atoms with van der Waals surface area (Å²) in [7, 11) is 0. The quantitative estimate of drug-likeness (QED) is 0.557. The summed E-state index contributed by atoms with van der Waals surface area (Å²) in [6, 6.07) is 0. The molecule has 0 amide bonds. The van der Waals surface area contributed by atoms with Gasteiger partial charge in [-0.1, -0.05) is 48.3 Å². The predicted molar refractivity (Wildman–Crippen MR) is 76.3 cm³/mol. The zero-order valence-electron chi connectivity index (χ0n) is 10.6. The Hall–Kier alpha value is 0.650. The Morgan fingerprint density at radius 1 is 1.19 bits per heavy atom. The number of halogens is 1. The van der Waals surface area contributed by atoms with Gasteiger partial charge < -0.3 is 9.47 Å². The zero-order valence-corrected chi connectivity index (χ0v) is 12.7. The summed E-state index contributed by atoms with van der Waals surface area (Å²) in [6.07, 6.45) is 8.69. The summed E-state index contributed by atoms with van der Waals surface area (Å²) >= 11 is 2.57. The van der Waals surface area contributed by atoms with Crippen molar-refractivity contribution in [3.63, 3.8) is 0 Å². The van der Waals surface area contributed by atoms with E-state index in [9.17, 15) is 0 Å². The number of hydrogen-bond donors (Lipinski definition) is 0. The van der Waals surface area contributed by atoms with Gasteiger partial charge in [-0.05, 0) is 26.7 Å². The van der Waals surface area contributed by atoms with E-state index in [1.165, 1.54) is 38.5 Å². The van der Waals surface area contributed by atoms with Crippen LogP contribution < -0.4 is 0 Å². The first-order chi connectivity index (χ1) is 7.74. The summed E-state index contributed by atoms with van der Waals surface area (Å²) in [5.41, 5.74) is 0. The summed E-state index contributed by atoms with van der Waals surface area (Å²) in [5.74, 6) is 0. The molecule has 1 aliphatic carbocycles. The highest BCUT2D eigenvalue weighted by Crippen LogP contribution is 2.26. The van der Waals surface area contributed by atoms with Crippen LogP contribution in [-0.2, 0) is 9.47 Å². The minimum atomic E-state index is 0.238. The Balaban J connectivity index is 2.30. The standard InChI is InChI=1S/C13H25IO2/c1-3-15-10-11(2)16-13-9-7-5-4-6-8-12(13)14/h11-13H,3-10H2,1-2H3. The molecule has 3 atom stereocenters. The molecule has 1 rings (SSSR count). The lowest BCUT2D eigenvalue weighted by Crippen LogP contribution is -2.31. The molecule has 0 bridgehead atoms. The maximum atomic E-state index is 6.11. The van der Waals surface area contributed by atoms with Crippen molar-refractivity contribution in [3.8, 4) is 0 Å². The number of alkyl halides is 1. The minimum Gasteiger partial charge on any atom is -0.379 e. The van der Waals surface area contributed by atoms with Crippen LogP contribution in [0.25, 0.3) is 0 Å². The van der Waals surface area contributed by atoms with Gasteiger partial charge in [0.15, 0.2) is 0 Å². The van der Waals surface area contributed by atoms with Gasteiger partial charge in [-0.2, -0.15) is 0 Å². The van der Waals surface area contributed by atoms with Crippen LogP contribution in [0.15, 0.2) is 0 Å². The highest BCUT2D eigenvalue weighted by molar-refractivity contribution is 14.1. The van der Waals surface area contributed by atoms with Gasteiger partial charge in [0.2, 0.25) is 0 Å². The first kappa shape index (κ1) is 14.7. The Kier molecular flexibility index (Phi) is 8.00. The van der Waals surface area contributed by atoms with E-state index in [0.717, 1.165) is 13.2 Å². The second-order valence-corrected chi connectivity index (χ2v) is 6.25. The van der Waals surface area contributed by atoms with Gasteiger partial charge >= 0.3 is 0 Å². The Bertz CT molecular complexity index is 175. The zero-order chi connectivity index (χ0) is 11.8. The van der Waals surface area contributed by atoms with Crippen LogP contribution in [-0.4, -0.2) is 29.3 Å². The Morgan fingerprint density at radius 3 is 2.56 bits per heavy atom. The van der Waals surface area contributed by atoms with Gasteiger partial charge in [0, 0.05) is 10.5 Å². The van der Waals surface area contributed by atoms with Crippen molar-refractivity contribution in [1.29, 1.82) is 0 Å². The van der Waals surface area contributed by atoms with Crippen LogP contribution in [0.3, 0.4) is 0 Å². The molecule has 96 valence electrons. The van der Waals surface area contributed by atoms with Gasteiger partial charge in [-0.15, -0.1) is 0 Å². The smallest absolute Gasteiger partial charge is 0.0784 e. The second-order valence-electron chi connectivity index (χ2n) is 4.65. The van der Waals surface area contributed by atoms with Gasteiger partial charge in [0.05, 0.1) is 18.8 Å². The van der Waals surface area contributed by atoms with Gasteiger partial charge in [0.25, 0.3) is 0 Å². The topological polar surface area (TPSA) is 18.5 Å². The summed E-state index contributed by atoms with van der Waals surface area (Å²) in [4.78, 5) is 0. The third-order valence-corrected chi connectivity index (χ3v) is 4.51. The molecule has 0 aromatic heterocycles. The largest absolute Gasteiger partial charge is 0.379 e. The van der Waals surface area contributed by atoms with Crippen LogP contribution in [0.1, 0.15) is 52.4 Å². The van der Waals surface area contributed by atoms with E-state index in [2.05, 4.69) is 29.5 Å². The van der Waals surface area contributed by atoms with Crippen molar-refractivity contribution in [3.05, 3.63) is 0 Å². The molecule has 0 N–H and O–H groups in total. The maximum Gasteiger partial charge on any atom is 0.0784 e. The van der Waals surface area contributed by atoms with E-state index in [-0.39, 0.29) is 6.10 Å². The van der Waals surface area contributed by atoms with Crippen molar-refractivity contribution >= 4 is 22.6 Å². The molecule has 0 spiro atoms. The van der Waals surface area contributed by atoms with Crippen LogP contribution in [0, 0.1) is 0 Å². The monoisotopic (exact) mass is 340 g/mol. The van der Waals surface area contributed by atoms with E-state index in [0.29, 0.717) is 10.0 Å². The molecule has 0 aromatic rings. The normalized spacial score (nSPS) is 29.4. The molecule has 16 heavy (non-hydrogen) atoms. The van der Waals surface area contributed by atoms with E-state index in [1.54, 1.807) is 0 Å². The molecule has 1 aliphatic rings. The first-order valence-electron chi connectivity index (χ1n) is 6.61. The maximum absolute atomic E-state index is 6.11. The van der Waals surface area contributed by atoms with Crippen LogP contribution >= 0.6 is 22.6 Å². The van der Waals surface area contributed by atoms with E-state index in [4.69, 9.17) is 9.47 Å². The van der Waals surface area contributed by atoms with Gasteiger partial charge in [-0.25, -0.2) is 0 Å². The minimum absolute atomic E-state index is 0.238. The third kappa shape index (κ3) is 5.82. The van der Waals surface area contributed by atoms with Crippen molar-refractivity contribution in [2.45, 2.75) is 68.5 Å². The summed E-state index contributed by atoms with van der Waals surface area (Å²) in [5, 5.41) is 0. The molecule has 0 aromatic carbocycles. The molecule has 0 heterocycles. The summed E-state index contributed by atoms with van der Waals surface area (Å²) in [6.45, 7) is 5.67. The second kappa shape index (κ2) is 8.70. The SMILES string of the molecule is CCOCC(C)OC1CCCCCCC1I. The van der Waals surface area contributed by atoms with Crippen LogP contribution in [0.2, 0.25) is 0 Å². The number of hydrogen-bond acceptors (Lipinski definition) is 2. The first-order valence-corrected chi connectivity index (χ1v) is 7.86. The fraction of sp³-hybridized carbons (Fsp3) is 1.00. The molecule has 1 fully saturated rings. The Labute approximate surface area is 114 Å². The molecule has 0 saturated heterocycles. The molecule has 3 unspecified atom stereocenters. The lowest BCUT2D eigenvalue weighted by molar-refractivity contribution is -0.0502. The fourth-order valence-corrected chi connectivity index (χ4v) is 3.15. The van der Waals surface area contributed by atoms with E-state index < -0.39 is 0 Å². The average molecular weight is 340 g/mol. The third-order valence-electron chi connectivity index (χ3n) is 3.09. The van der Waals surface area contributed by atoms with Crippen LogP contribution in [0.4, 0.5) is 0 Å². The predicted octanol–water partition coefficient (Wildman–Crippen LogP) is 3.95. The van der Waals surface area contributed by atoms with E-state index in [1.807, 2.05) is 6.92 Å². The lowest BCUT2D eigenvalue weighted by atomic mass is 9.98. The van der Waals surface area contributed by atoms with Crippen molar-refractivity contribution in [1.82, 2.24) is 0 Å². The molecule has 1 saturated carbocycles. The van der Waals surface area contributed by atoms with Gasteiger partial charge in [-0.3, -0.25) is 0 Å². The molecular weight excluding hydrogens is 315 g/mol. The summed E-state index contributed by atoms with van der Waals surface area (Å²) < 4.78 is 12.2. The van der Waals surface area contributed by atoms with Crippen LogP contribution in [0.5, 0.6) is 0 Å². The van der Waals surface area contributed by atoms with Crippen molar-refractivity contribution in [2.75, 3.05) is 13.2 Å². The van der Waals surface area contributed by atoms with E-state index >= 15 is 0 Å².